The van der Waals surface area contributed by atoms with Gasteiger partial charge in [0, 0.05) is 5.41 Å². The van der Waals surface area contributed by atoms with Gasteiger partial charge < -0.3 is 0 Å². The maximum Gasteiger partial charge on any atom is 0.0100 e. The van der Waals surface area contributed by atoms with E-state index in [4.69, 9.17) is 0 Å². The molecular formula is C15H24. The molecule has 0 spiro atoms. The zero-order valence-electron chi connectivity index (χ0n) is 10.6. The van der Waals surface area contributed by atoms with Crippen molar-refractivity contribution in [1.82, 2.24) is 0 Å². The van der Waals surface area contributed by atoms with E-state index in [9.17, 15) is 0 Å². The second kappa shape index (κ2) is 3.50. The zero-order valence-corrected chi connectivity index (χ0v) is 10.6. The number of rotatable bonds is 2. The van der Waals surface area contributed by atoms with Crippen LogP contribution in [-0.4, -0.2) is 0 Å². The van der Waals surface area contributed by atoms with Crippen LogP contribution in [0.4, 0.5) is 0 Å². The number of hydrogen-bond donors (Lipinski definition) is 0. The predicted octanol–water partition coefficient (Wildman–Crippen LogP) is 4.73. The summed E-state index contributed by atoms with van der Waals surface area (Å²) < 4.78 is 0. The molecule has 0 amide bonds. The highest BCUT2D eigenvalue weighted by molar-refractivity contribution is 5.35. The first-order valence-electron chi connectivity index (χ1n) is 6.39. The second-order valence-corrected chi connectivity index (χ2v) is 6.02. The molecule has 0 bridgehead atoms. The van der Waals surface area contributed by atoms with Gasteiger partial charge in [-0.15, -0.1) is 0 Å². The van der Waals surface area contributed by atoms with E-state index < -0.39 is 0 Å². The van der Waals surface area contributed by atoms with Gasteiger partial charge in [0.2, 0.25) is 0 Å². The van der Waals surface area contributed by atoms with E-state index in [0.717, 1.165) is 5.92 Å². The summed E-state index contributed by atoms with van der Waals surface area (Å²) in [4.78, 5) is 0. The Labute approximate surface area is 94.5 Å². The minimum Gasteiger partial charge on any atom is -0.0740 e. The summed E-state index contributed by atoms with van der Waals surface area (Å²) in [6, 6.07) is 0. The monoisotopic (exact) mass is 204 g/mol. The fourth-order valence-electron chi connectivity index (χ4n) is 3.93. The maximum absolute atomic E-state index is 2.50. The van der Waals surface area contributed by atoms with E-state index in [1.807, 2.05) is 0 Å². The number of hydrogen-bond acceptors (Lipinski definition) is 0. The first-order valence-corrected chi connectivity index (χ1v) is 6.39. The lowest BCUT2D eigenvalue weighted by atomic mass is 9.58. The van der Waals surface area contributed by atoms with Gasteiger partial charge in [-0.05, 0) is 31.1 Å². The van der Waals surface area contributed by atoms with Gasteiger partial charge in [-0.2, -0.15) is 0 Å². The van der Waals surface area contributed by atoms with Crippen molar-refractivity contribution < 1.29 is 0 Å². The zero-order chi connectivity index (χ0) is 11.1. The molecule has 0 aromatic heterocycles. The molecule has 1 fully saturated rings. The second-order valence-electron chi connectivity index (χ2n) is 6.02. The van der Waals surface area contributed by atoms with Crippen LogP contribution in [-0.2, 0) is 0 Å². The Balaban J connectivity index is 2.38. The first-order chi connectivity index (χ1) is 7.00. The minimum atomic E-state index is 0.321. The number of allylic oxidation sites excluding steroid dienone is 4. The Kier molecular flexibility index (Phi) is 2.56. The van der Waals surface area contributed by atoms with Gasteiger partial charge in [0.1, 0.15) is 0 Å². The molecule has 0 heterocycles. The third-order valence-electron chi connectivity index (χ3n) is 4.89. The standard InChI is InChI=1S/C15H24/c1-12(2)15(8-5-6-9-15)14(4)10-7-13(3)11-14/h7,10-12H,5-6,8-9H2,1-4H3. The molecular weight excluding hydrogens is 180 g/mol. The normalized spacial score (nSPS) is 33.8. The van der Waals surface area contributed by atoms with Crippen LogP contribution in [0.5, 0.6) is 0 Å². The largest absolute Gasteiger partial charge is 0.0740 e. The van der Waals surface area contributed by atoms with Crippen LogP contribution in [0.3, 0.4) is 0 Å². The molecule has 1 unspecified atom stereocenters. The summed E-state index contributed by atoms with van der Waals surface area (Å²) in [5.41, 5.74) is 2.30. The highest BCUT2D eigenvalue weighted by atomic mass is 14.5. The predicted molar refractivity (Wildman–Crippen MR) is 66.7 cm³/mol. The molecule has 2 aliphatic carbocycles. The van der Waals surface area contributed by atoms with Crippen LogP contribution in [0.25, 0.3) is 0 Å². The van der Waals surface area contributed by atoms with Gasteiger partial charge in [-0.1, -0.05) is 57.4 Å². The molecule has 1 saturated carbocycles. The van der Waals surface area contributed by atoms with Crippen molar-refractivity contribution in [3.63, 3.8) is 0 Å². The van der Waals surface area contributed by atoms with Gasteiger partial charge in [0.15, 0.2) is 0 Å². The van der Waals surface area contributed by atoms with Gasteiger partial charge >= 0.3 is 0 Å². The quantitative estimate of drug-likeness (QED) is 0.610. The van der Waals surface area contributed by atoms with Gasteiger partial charge in [-0.3, -0.25) is 0 Å². The van der Waals surface area contributed by atoms with Crippen LogP contribution in [0.15, 0.2) is 23.8 Å². The molecule has 0 radical (unpaired) electrons. The molecule has 84 valence electrons. The Hall–Kier alpha value is -0.520. The average molecular weight is 204 g/mol. The van der Waals surface area contributed by atoms with Crippen molar-refractivity contribution in [2.45, 2.75) is 53.4 Å². The highest BCUT2D eigenvalue weighted by Gasteiger charge is 2.49. The molecule has 0 aromatic carbocycles. The third kappa shape index (κ3) is 1.49. The lowest BCUT2D eigenvalue weighted by Crippen LogP contribution is -2.38. The minimum absolute atomic E-state index is 0.321. The van der Waals surface area contributed by atoms with Crippen molar-refractivity contribution in [1.29, 1.82) is 0 Å². The molecule has 15 heavy (non-hydrogen) atoms. The molecule has 2 aliphatic rings. The van der Waals surface area contributed by atoms with Crippen LogP contribution in [0.2, 0.25) is 0 Å². The topological polar surface area (TPSA) is 0 Å². The van der Waals surface area contributed by atoms with Crippen molar-refractivity contribution in [3.05, 3.63) is 23.8 Å². The lowest BCUT2D eigenvalue weighted by molar-refractivity contribution is 0.0856. The molecule has 2 rings (SSSR count). The van der Waals surface area contributed by atoms with Crippen LogP contribution < -0.4 is 0 Å². The van der Waals surface area contributed by atoms with Crippen LogP contribution in [0.1, 0.15) is 53.4 Å². The molecule has 0 aromatic rings. The lowest BCUT2D eigenvalue weighted by Gasteiger charge is -2.46. The molecule has 0 saturated heterocycles. The summed E-state index contributed by atoms with van der Waals surface area (Å²) >= 11 is 0. The summed E-state index contributed by atoms with van der Waals surface area (Å²) in [5, 5.41) is 0. The van der Waals surface area contributed by atoms with E-state index in [-0.39, 0.29) is 0 Å². The Morgan fingerprint density at radius 2 is 1.80 bits per heavy atom. The molecule has 0 N–H and O–H groups in total. The molecule has 0 aliphatic heterocycles. The van der Waals surface area contributed by atoms with Gasteiger partial charge in [0.05, 0.1) is 0 Å². The smallest absolute Gasteiger partial charge is 0.0100 e. The molecule has 0 heteroatoms. The first kappa shape index (κ1) is 11.0. The summed E-state index contributed by atoms with van der Waals surface area (Å²) in [7, 11) is 0. The highest BCUT2D eigenvalue weighted by Crippen LogP contribution is 2.59. The summed E-state index contributed by atoms with van der Waals surface area (Å²) in [6.07, 6.45) is 12.9. The maximum atomic E-state index is 2.50. The van der Waals surface area contributed by atoms with Crippen LogP contribution >= 0.6 is 0 Å². The van der Waals surface area contributed by atoms with Gasteiger partial charge in [-0.25, -0.2) is 0 Å². The SMILES string of the molecule is CC1=CC(C)(C2(C(C)C)CCCC2)C=C1. The van der Waals surface area contributed by atoms with E-state index in [2.05, 4.69) is 45.9 Å². The van der Waals surface area contributed by atoms with E-state index >= 15 is 0 Å². The fourth-order valence-corrected chi connectivity index (χ4v) is 3.93. The Bertz CT molecular complexity index is 300. The van der Waals surface area contributed by atoms with Crippen LogP contribution in [0, 0.1) is 16.7 Å². The average Bonchev–Trinajstić information content (AvgIpc) is 2.74. The molecule has 0 nitrogen and oxygen atoms in total. The third-order valence-corrected chi connectivity index (χ3v) is 4.89. The summed E-state index contributed by atoms with van der Waals surface area (Å²) in [6.45, 7) is 9.48. The Morgan fingerprint density at radius 1 is 1.20 bits per heavy atom. The Morgan fingerprint density at radius 3 is 2.20 bits per heavy atom. The fraction of sp³-hybridized carbons (Fsp3) is 0.733. The van der Waals surface area contributed by atoms with E-state index in [1.54, 1.807) is 0 Å². The van der Waals surface area contributed by atoms with Crippen molar-refractivity contribution in [3.8, 4) is 0 Å². The van der Waals surface area contributed by atoms with E-state index in [1.165, 1.54) is 31.3 Å². The van der Waals surface area contributed by atoms with Gasteiger partial charge in [0.25, 0.3) is 0 Å². The van der Waals surface area contributed by atoms with Crippen molar-refractivity contribution in [2.75, 3.05) is 0 Å². The summed E-state index contributed by atoms with van der Waals surface area (Å²) in [5.74, 6) is 0.789. The van der Waals surface area contributed by atoms with E-state index in [0.29, 0.717) is 10.8 Å². The molecule has 1 atom stereocenters. The van der Waals surface area contributed by atoms with Crippen molar-refractivity contribution in [2.24, 2.45) is 16.7 Å². The van der Waals surface area contributed by atoms with Crippen molar-refractivity contribution >= 4 is 0 Å².